The number of halogens is 7. The molecule has 0 aromatic heterocycles. The number of rotatable bonds is 2. The molecule has 0 spiro atoms. The molecule has 0 aliphatic heterocycles. The van der Waals surface area contributed by atoms with Crippen molar-refractivity contribution in [2.24, 2.45) is 0 Å². The van der Waals surface area contributed by atoms with E-state index in [1.54, 1.807) is 0 Å². The van der Waals surface area contributed by atoms with E-state index in [9.17, 15) is 30.7 Å². The third kappa shape index (κ3) is 3.00. The van der Waals surface area contributed by atoms with Crippen LogP contribution >= 0.6 is 0 Å². The maximum atomic E-state index is 13.8. The van der Waals surface area contributed by atoms with Gasteiger partial charge in [-0.15, -0.1) is 13.2 Å². The molecule has 0 atom stereocenters. The van der Waals surface area contributed by atoms with E-state index in [1.165, 1.54) is 0 Å². The van der Waals surface area contributed by atoms with Crippen molar-refractivity contribution in [2.45, 2.75) is 13.3 Å². The Morgan fingerprint density at radius 2 is 1.41 bits per heavy atom. The van der Waals surface area contributed by atoms with Gasteiger partial charge in [-0.05, 0) is 24.6 Å². The molecule has 0 radical (unpaired) electrons. The van der Waals surface area contributed by atoms with Crippen LogP contribution in [0, 0.1) is 30.2 Å². The minimum absolute atomic E-state index is 0.491. The quantitative estimate of drug-likeness (QED) is 0.550. The first-order valence-corrected chi connectivity index (χ1v) is 5.80. The Labute approximate surface area is 119 Å². The van der Waals surface area contributed by atoms with E-state index in [0.717, 1.165) is 25.1 Å². The summed E-state index contributed by atoms with van der Waals surface area (Å²) in [6.45, 7) is 0.837. The number of ether oxygens (including phenoxy) is 1. The molecule has 0 saturated heterocycles. The summed E-state index contributed by atoms with van der Waals surface area (Å²) < 4.78 is 94.6. The van der Waals surface area contributed by atoms with Crippen LogP contribution in [0.15, 0.2) is 24.3 Å². The molecule has 0 unspecified atom stereocenters. The van der Waals surface area contributed by atoms with Crippen LogP contribution in [0.2, 0.25) is 0 Å². The van der Waals surface area contributed by atoms with E-state index in [1.807, 2.05) is 0 Å². The van der Waals surface area contributed by atoms with Crippen molar-refractivity contribution in [3.8, 4) is 16.9 Å². The summed E-state index contributed by atoms with van der Waals surface area (Å²) in [4.78, 5) is 0. The lowest BCUT2D eigenvalue weighted by atomic mass is 10.0. The standard InChI is InChI=1S/C14H7F7O/c1-6-10(15)12(17)9(13(18)11(6)16)7-3-2-4-8(5-7)22-14(19,20)21/h2-5H,1H3. The van der Waals surface area contributed by atoms with Gasteiger partial charge in [0.05, 0.1) is 5.56 Å². The minimum Gasteiger partial charge on any atom is -0.406 e. The molecule has 2 rings (SSSR count). The molecule has 8 heteroatoms. The molecule has 2 aromatic rings. The molecular formula is C14H7F7O. The van der Waals surface area contributed by atoms with Crippen molar-refractivity contribution in [1.29, 1.82) is 0 Å². The van der Waals surface area contributed by atoms with E-state index < -0.39 is 52.1 Å². The Morgan fingerprint density at radius 1 is 0.864 bits per heavy atom. The minimum atomic E-state index is -5.01. The zero-order valence-electron chi connectivity index (χ0n) is 10.9. The van der Waals surface area contributed by atoms with Crippen molar-refractivity contribution in [3.05, 3.63) is 53.1 Å². The van der Waals surface area contributed by atoms with Crippen molar-refractivity contribution in [1.82, 2.24) is 0 Å². The maximum absolute atomic E-state index is 13.8. The molecule has 0 saturated carbocycles. The van der Waals surface area contributed by atoms with Gasteiger partial charge in [0, 0.05) is 5.56 Å². The lowest BCUT2D eigenvalue weighted by molar-refractivity contribution is -0.274. The Hall–Kier alpha value is -2.25. The van der Waals surface area contributed by atoms with Crippen LogP contribution in [0.3, 0.4) is 0 Å². The molecule has 0 aliphatic carbocycles. The number of hydrogen-bond acceptors (Lipinski definition) is 1. The zero-order chi connectivity index (χ0) is 16.7. The molecule has 22 heavy (non-hydrogen) atoms. The van der Waals surface area contributed by atoms with Crippen LogP contribution in [0.25, 0.3) is 11.1 Å². The Kier molecular flexibility index (Phi) is 4.04. The van der Waals surface area contributed by atoms with Gasteiger partial charge in [-0.2, -0.15) is 0 Å². The van der Waals surface area contributed by atoms with Gasteiger partial charge in [0.1, 0.15) is 5.75 Å². The van der Waals surface area contributed by atoms with E-state index in [0.29, 0.717) is 6.07 Å². The van der Waals surface area contributed by atoms with Crippen LogP contribution in [0.1, 0.15) is 5.56 Å². The van der Waals surface area contributed by atoms with Gasteiger partial charge in [0.25, 0.3) is 0 Å². The highest BCUT2D eigenvalue weighted by molar-refractivity contribution is 5.67. The van der Waals surface area contributed by atoms with Gasteiger partial charge in [0.15, 0.2) is 23.3 Å². The summed E-state index contributed by atoms with van der Waals surface area (Å²) in [7, 11) is 0. The monoisotopic (exact) mass is 324 g/mol. The number of alkyl halides is 3. The average Bonchev–Trinajstić information content (AvgIpc) is 2.42. The van der Waals surface area contributed by atoms with Crippen molar-refractivity contribution in [2.75, 3.05) is 0 Å². The van der Waals surface area contributed by atoms with Crippen LogP contribution < -0.4 is 4.74 Å². The second kappa shape index (κ2) is 5.51. The highest BCUT2D eigenvalue weighted by Gasteiger charge is 2.31. The van der Waals surface area contributed by atoms with Gasteiger partial charge in [-0.25, -0.2) is 17.6 Å². The fourth-order valence-electron chi connectivity index (χ4n) is 1.84. The average molecular weight is 324 g/mol. The smallest absolute Gasteiger partial charge is 0.406 e. The van der Waals surface area contributed by atoms with E-state index in [-0.39, 0.29) is 0 Å². The van der Waals surface area contributed by atoms with Gasteiger partial charge in [-0.1, -0.05) is 12.1 Å². The molecule has 0 bridgehead atoms. The molecule has 1 nitrogen and oxygen atoms in total. The summed E-state index contributed by atoms with van der Waals surface area (Å²) >= 11 is 0. The van der Waals surface area contributed by atoms with Crippen LogP contribution in [-0.2, 0) is 0 Å². The summed E-state index contributed by atoms with van der Waals surface area (Å²) in [5.41, 5.74) is -2.45. The first kappa shape index (κ1) is 16.1. The molecule has 0 N–H and O–H groups in total. The van der Waals surface area contributed by atoms with Crippen LogP contribution in [0.4, 0.5) is 30.7 Å². The predicted octanol–water partition coefficient (Wildman–Crippen LogP) is 5.12. The second-order valence-electron chi connectivity index (χ2n) is 4.33. The van der Waals surface area contributed by atoms with Gasteiger partial charge < -0.3 is 4.74 Å². The lowest BCUT2D eigenvalue weighted by Crippen LogP contribution is -2.17. The molecule has 0 heterocycles. The summed E-state index contributed by atoms with van der Waals surface area (Å²) in [5.74, 6) is -7.39. The maximum Gasteiger partial charge on any atom is 0.573 e. The van der Waals surface area contributed by atoms with Crippen molar-refractivity contribution >= 4 is 0 Å². The molecule has 0 aliphatic rings. The van der Waals surface area contributed by atoms with E-state index in [4.69, 9.17) is 0 Å². The normalized spacial score (nSPS) is 11.6. The fraction of sp³-hybridized carbons (Fsp3) is 0.143. The van der Waals surface area contributed by atoms with Crippen LogP contribution in [0.5, 0.6) is 5.75 Å². The molecule has 2 aromatic carbocycles. The van der Waals surface area contributed by atoms with Gasteiger partial charge in [0.2, 0.25) is 0 Å². The highest BCUT2D eigenvalue weighted by Crippen LogP contribution is 2.34. The fourth-order valence-corrected chi connectivity index (χ4v) is 1.84. The molecule has 0 fully saturated rings. The second-order valence-corrected chi connectivity index (χ2v) is 4.33. The van der Waals surface area contributed by atoms with E-state index >= 15 is 0 Å². The number of benzene rings is 2. The summed E-state index contributed by atoms with van der Waals surface area (Å²) in [6.07, 6.45) is -5.01. The molecule has 118 valence electrons. The third-order valence-electron chi connectivity index (χ3n) is 2.84. The third-order valence-corrected chi connectivity index (χ3v) is 2.84. The van der Waals surface area contributed by atoms with Crippen LogP contribution in [-0.4, -0.2) is 6.36 Å². The molecular weight excluding hydrogens is 317 g/mol. The van der Waals surface area contributed by atoms with E-state index in [2.05, 4.69) is 4.74 Å². The van der Waals surface area contributed by atoms with Gasteiger partial charge in [-0.3, -0.25) is 0 Å². The SMILES string of the molecule is Cc1c(F)c(F)c(-c2cccc(OC(F)(F)F)c2)c(F)c1F. The zero-order valence-corrected chi connectivity index (χ0v) is 10.9. The Morgan fingerprint density at radius 3 is 1.91 bits per heavy atom. The first-order valence-electron chi connectivity index (χ1n) is 5.80. The Bertz CT molecular complexity index is 693. The summed E-state index contributed by atoms with van der Waals surface area (Å²) in [6, 6.07) is 3.51. The summed E-state index contributed by atoms with van der Waals surface area (Å²) in [5, 5.41) is 0. The number of hydrogen-bond donors (Lipinski definition) is 0. The predicted molar refractivity (Wildman–Crippen MR) is 63.1 cm³/mol. The largest absolute Gasteiger partial charge is 0.573 e. The Balaban J connectivity index is 2.61. The van der Waals surface area contributed by atoms with Gasteiger partial charge >= 0.3 is 6.36 Å². The lowest BCUT2D eigenvalue weighted by Gasteiger charge is -2.12. The highest BCUT2D eigenvalue weighted by atomic mass is 19.4. The molecule has 0 amide bonds. The first-order chi connectivity index (χ1) is 10.1. The van der Waals surface area contributed by atoms with Crippen molar-refractivity contribution < 1.29 is 35.5 Å². The topological polar surface area (TPSA) is 9.23 Å². The van der Waals surface area contributed by atoms with Crippen molar-refractivity contribution in [3.63, 3.8) is 0 Å².